The number of fused-ring (bicyclic) bond motifs is 1. The molecule has 1 aromatic heterocycles. The van der Waals surface area contributed by atoms with Crippen LogP contribution < -0.4 is 10.2 Å². The average Bonchev–Trinajstić information content (AvgIpc) is 2.66. The Hall–Kier alpha value is -2.57. The van der Waals surface area contributed by atoms with E-state index < -0.39 is 17.8 Å². The van der Waals surface area contributed by atoms with Crippen LogP contribution in [0.5, 0.6) is 0 Å². The zero-order valence-corrected chi connectivity index (χ0v) is 13.2. The Morgan fingerprint density at radius 1 is 1.33 bits per heavy atom. The van der Waals surface area contributed by atoms with E-state index in [4.69, 9.17) is 0 Å². The zero-order chi connectivity index (χ0) is 17.5. The van der Waals surface area contributed by atoms with Gasteiger partial charge in [0.25, 0.3) is 5.92 Å². The van der Waals surface area contributed by atoms with Crippen LogP contribution >= 0.6 is 0 Å². The number of benzene rings is 1. The molecule has 126 valence electrons. The molecule has 4 nitrogen and oxygen atoms in total. The summed E-state index contributed by atoms with van der Waals surface area (Å²) in [6, 6.07) is 5.19. The summed E-state index contributed by atoms with van der Waals surface area (Å²) < 4.78 is 41.3. The molecule has 0 fully saturated rings. The van der Waals surface area contributed by atoms with Gasteiger partial charge < -0.3 is 5.32 Å². The zero-order valence-electron chi connectivity index (χ0n) is 13.2. The summed E-state index contributed by atoms with van der Waals surface area (Å²) in [5, 5.41) is 2.62. The maximum absolute atomic E-state index is 13.9. The van der Waals surface area contributed by atoms with Crippen molar-refractivity contribution in [3.05, 3.63) is 53.1 Å². The Morgan fingerprint density at radius 2 is 2.08 bits per heavy atom. The summed E-state index contributed by atoms with van der Waals surface area (Å²) in [7, 11) is 0. The summed E-state index contributed by atoms with van der Waals surface area (Å²) >= 11 is 0. The van der Waals surface area contributed by atoms with Crippen LogP contribution in [0.25, 0.3) is 0 Å². The molecule has 7 heteroatoms. The molecule has 2 aromatic rings. The molecule has 2 heterocycles. The highest BCUT2D eigenvalue weighted by atomic mass is 19.3. The van der Waals surface area contributed by atoms with Gasteiger partial charge in [-0.3, -0.25) is 9.88 Å². The molecular weight excluding hydrogens is 319 g/mol. The number of anilines is 2. The number of nitrogens with zero attached hydrogens (tertiary/aromatic N) is 2. The minimum atomic E-state index is -3.06. The minimum Gasteiger partial charge on any atom is -0.307 e. The molecule has 0 saturated heterocycles. The second-order valence-electron chi connectivity index (χ2n) is 5.81. The lowest BCUT2D eigenvalue weighted by Gasteiger charge is -2.22. The number of hydrogen-bond donors (Lipinski definition) is 1. The lowest BCUT2D eigenvalue weighted by molar-refractivity contribution is 0.0164. The van der Waals surface area contributed by atoms with Gasteiger partial charge in [-0.05, 0) is 31.5 Å². The van der Waals surface area contributed by atoms with Gasteiger partial charge in [0.05, 0.1) is 11.9 Å². The number of urea groups is 1. The fourth-order valence-electron chi connectivity index (χ4n) is 2.80. The third kappa shape index (κ3) is 2.93. The quantitative estimate of drug-likeness (QED) is 0.892. The molecule has 1 N–H and O–H groups in total. The average molecular weight is 335 g/mol. The van der Waals surface area contributed by atoms with Crippen molar-refractivity contribution in [2.45, 2.75) is 26.2 Å². The second kappa shape index (κ2) is 5.81. The molecule has 24 heavy (non-hydrogen) atoms. The number of carbonyl (C=O) groups excluding carboxylic acids is 1. The number of nitrogens with one attached hydrogen (secondary N) is 1. The molecular formula is C17H16F3N3O. The van der Waals surface area contributed by atoms with Crippen molar-refractivity contribution >= 4 is 17.4 Å². The minimum absolute atomic E-state index is 0.166. The van der Waals surface area contributed by atoms with Gasteiger partial charge in [-0.15, -0.1) is 0 Å². The number of amides is 2. The van der Waals surface area contributed by atoms with Crippen molar-refractivity contribution in [3.63, 3.8) is 0 Å². The molecule has 0 spiro atoms. The van der Waals surface area contributed by atoms with E-state index in [1.54, 1.807) is 6.07 Å². The Labute approximate surface area is 137 Å². The van der Waals surface area contributed by atoms with E-state index >= 15 is 0 Å². The predicted molar refractivity (Wildman–Crippen MR) is 85.0 cm³/mol. The number of halogens is 3. The number of hydrogen-bond acceptors (Lipinski definition) is 2. The fourth-order valence-corrected chi connectivity index (χ4v) is 2.80. The first-order valence-corrected chi connectivity index (χ1v) is 7.48. The van der Waals surface area contributed by atoms with Gasteiger partial charge in [-0.1, -0.05) is 6.07 Å². The predicted octanol–water partition coefficient (Wildman–Crippen LogP) is 4.24. The first kappa shape index (κ1) is 16.3. The summed E-state index contributed by atoms with van der Waals surface area (Å²) in [6.07, 6.45) is 1.64. The lowest BCUT2D eigenvalue weighted by Crippen LogP contribution is -2.35. The van der Waals surface area contributed by atoms with Gasteiger partial charge in [0.2, 0.25) is 0 Å². The largest absolute Gasteiger partial charge is 0.326 e. The van der Waals surface area contributed by atoms with Gasteiger partial charge in [0.1, 0.15) is 5.82 Å². The highest BCUT2D eigenvalue weighted by Crippen LogP contribution is 2.32. The van der Waals surface area contributed by atoms with Crippen LogP contribution in [0, 0.1) is 12.7 Å². The number of carbonyl (C=O) groups is 1. The number of pyridine rings is 1. The molecule has 3 rings (SSSR count). The summed E-state index contributed by atoms with van der Waals surface area (Å²) in [5.41, 5.74) is 1.01. The summed E-state index contributed by atoms with van der Waals surface area (Å²) in [5.74, 6) is -3.47. The maximum atomic E-state index is 13.9. The molecule has 0 saturated carbocycles. The number of aromatic nitrogens is 1. The van der Waals surface area contributed by atoms with Gasteiger partial charge >= 0.3 is 6.03 Å². The van der Waals surface area contributed by atoms with E-state index in [2.05, 4.69) is 10.3 Å². The van der Waals surface area contributed by atoms with E-state index in [9.17, 15) is 18.0 Å². The van der Waals surface area contributed by atoms with Crippen LogP contribution in [-0.4, -0.2) is 17.6 Å². The first-order valence-electron chi connectivity index (χ1n) is 7.48. The highest BCUT2D eigenvalue weighted by Gasteiger charge is 2.30. The van der Waals surface area contributed by atoms with Crippen molar-refractivity contribution in [3.8, 4) is 0 Å². The normalized spacial score (nSPS) is 14.9. The van der Waals surface area contributed by atoms with E-state index in [1.165, 1.54) is 36.2 Å². The van der Waals surface area contributed by atoms with Crippen LogP contribution in [-0.2, 0) is 12.3 Å². The summed E-state index contributed by atoms with van der Waals surface area (Å²) in [4.78, 5) is 17.7. The Bertz CT molecular complexity index is 802. The van der Waals surface area contributed by atoms with Crippen molar-refractivity contribution in [2.75, 3.05) is 16.8 Å². The smallest absolute Gasteiger partial charge is 0.307 e. The lowest BCUT2D eigenvalue weighted by atomic mass is 10.1. The van der Waals surface area contributed by atoms with Crippen LogP contribution in [0.3, 0.4) is 0 Å². The highest BCUT2D eigenvalue weighted by molar-refractivity contribution is 6.02. The van der Waals surface area contributed by atoms with Crippen molar-refractivity contribution in [1.29, 1.82) is 0 Å². The molecule has 1 aliphatic heterocycles. The van der Waals surface area contributed by atoms with Crippen molar-refractivity contribution in [1.82, 2.24) is 4.98 Å². The van der Waals surface area contributed by atoms with Gasteiger partial charge in [0, 0.05) is 36.0 Å². The number of rotatable bonds is 2. The van der Waals surface area contributed by atoms with Gasteiger partial charge in [-0.2, -0.15) is 0 Å². The van der Waals surface area contributed by atoms with Gasteiger partial charge in [-0.25, -0.2) is 18.0 Å². The SMILES string of the molecule is Cc1ncc(N2CCc3c(F)cccc3NC2=O)cc1C(C)(F)F. The Morgan fingerprint density at radius 3 is 2.79 bits per heavy atom. The number of aryl methyl sites for hydroxylation is 1. The third-order valence-electron chi connectivity index (χ3n) is 4.05. The molecule has 1 aromatic carbocycles. The maximum Gasteiger partial charge on any atom is 0.326 e. The van der Waals surface area contributed by atoms with E-state index in [0.717, 1.165) is 6.92 Å². The summed E-state index contributed by atoms with van der Waals surface area (Å²) in [6.45, 7) is 2.44. The Kier molecular flexibility index (Phi) is 3.95. The second-order valence-corrected chi connectivity index (χ2v) is 5.81. The number of alkyl halides is 2. The third-order valence-corrected chi connectivity index (χ3v) is 4.05. The molecule has 0 unspecified atom stereocenters. The topological polar surface area (TPSA) is 45.2 Å². The molecule has 1 aliphatic rings. The van der Waals surface area contributed by atoms with Crippen LogP contribution in [0.1, 0.15) is 23.7 Å². The standard InChI is InChI=1S/C17H16F3N3O/c1-10-13(17(2,19)20)8-11(9-21-10)23-7-6-12-14(18)4-3-5-15(12)22-16(23)24/h3-5,8-9H,6-7H2,1-2H3,(H,22,24). The fraction of sp³-hybridized carbons (Fsp3) is 0.294. The molecule has 2 amide bonds. The van der Waals surface area contributed by atoms with E-state index in [1.807, 2.05) is 0 Å². The Balaban J connectivity index is 1.97. The van der Waals surface area contributed by atoms with Crippen LogP contribution in [0.4, 0.5) is 29.3 Å². The first-order chi connectivity index (χ1) is 11.3. The molecule has 0 atom stereocenters. The van der Waals surface area contributed by atoms with Crippen molar-refractivity contribution in [2.24, 2.45) is 0 Å². The monoisotopic (exact) mass is 335 g/mol. The van der Waals surface area contributed by atoms with Gasteiger partial charge in [0.15, 0.2) is 0 Å². The molecule has 0 radical (unpaired) electrons. The molecule has 0 aliphatic carbocycles. The van der Waals surface area contributed by atoms with Crippen molar-refractivity contribution < 1.29 is 18.0 Å². The van der Waals surface area contributed by atoms with Crippen LogP contribution in [0.15, 0.2) is 30.5 Å². The molecule has 0 bridgehead atoms. The van der Waals surface area contributed by atoms with E-state index in [-0.39, 0.29) is 29.9 Å². The van der Waals surface area contributed by atoms with E-state index in [0.29, 0.717) is 11.3 Å². The van der Waals surface area contributed by atoms with Crippen LogP contribution in [0.2, 0.25) is 0 Å².